The summed E-state index contributed by atoms with van der Waals surface area (Å²) >= 11 is 0. The van der Waals surface area contributed by atoms with Gasteiger partial charge < -0.3 is 19.3 Å². The number of esters is 1. The Bertz CT molecular complexity index is 743. The molecule has 160 valence electrons. The molecule has 2 amide bonds. The molecule has 0 aromatic carbocycles. The maximum absolute atomic E-state index is 12.7. The first kappa shape index (κ1) is 21.1. The summed E-state index contributed by atoms with van der Waals surface area (Å²) in [7, 11) is 0. The third-order valence-electron chi connectivity index (χ3n) is 5.27. The van der Waals surface area contributed by atoms with Gasteiger partial charge in [-0.15, -0.1) is 0 Å². The SMILES string of the molecule is CC(OC(=O)C1CC(=O)N(c2cn[nH]c2)C1)C1CCCCN1C(=O)OC(C)(C)C. The second-order valence-electron chi connectivity index (χ2n) is 8.74. The lowest BCUT2D eigenvalue weighted by molar-refractivity contribution is -0.156. The van der Waals surface area contributed by atoms with Crippen LogP contribution in [-0.4, -0.2) is 63.9 Å². The number of hydrogen-bond acceptors (Lipinski definition) is 6. The van der Waals surface area contributed by atoms with Crippen LogP contribution in [0.2, 0.25) is 0 Å². The third kappa shape index (κ3) is 5.07. The van der Waals surface area contributed by atoms with Gasteiger partial charge in [0, 0.05) is 25.7 Å². The fourth-order valence-corrected chi connectivity index (χ4v) is 3.86. The number of carbonyl (C=O) groups is 3. The molecule has 0 saturated carbocycles. The Morgan fingerprint density at radius 3 is 2.72 bits per heavy atom. The van der Waals surface area contributed by atoms with Crippen molar-refractivity contribution in [2.45, 2.75) is 71.1 Å². The zero-order valence-electron chi connectivity index (χ0n) is 17.5. The van der Waals surface area contributed by atoms with E-state index in [2.05, 4.69) is 10.2 Å². The van der Waals surface area contributed by atoms with E-state index < -0.39 is 23.6 Å². The van der Waals surface area contributed by atoms with E-state index in [1.807, 2.05) is 20.8 Å². The van der Waals surface area contributed by atoms with Crippen LogP contribution in [0, 0.1) is 5.92 Å². The average Bonchev–Trinajstić information content (AvgIpc) is 3.29. The van der Waals surface area contributed by atoms with Gasteiger partial charge in [0.2, 0.25) is 5.91 Å². The fourth-order valence-electron chi connectivity index (χ4n) is 3.86. The molecule has 9 heteroatoms. The number of ether oxygens (including phenoxy) is 2. The number of anilines is 1. The zero-order chi connectivity index (χ0) is 21.2. The maximum Gasteiger partial charge on any atom is 0.410 e. The molecule has 1 N–H and O–H groups in total. The second-order valence-corrected chi connectivity index (χ2v) is 8.74. The molecule has 3 unspecified atom stereocenters. The van der Waals surface area contributed by atoms with E-state index in [-0.39, 0.29) is 31.0 Å². The molecule has 0 bridgehead atoms. The minimum absolute atomic E-state index is 0.108. The van der Waals surface area contributed by atoms with Crippen molar-refractivity contribution < 1.29 is 23.9 Å². The summed E-state index contributed by atoms with van der Waals surface area (Å²) in [6.07, 6.45) is 5.02. The van der Waals surface area contributed by atoms with Gasteiger partial charge in [-0.1, -0.05) is 0 Å². The molecule has 29 heavy (non-hydrogen) atoms. The molecule has 2 aliphatic heterocycles. The molecule has 0 radical (unpaired) electrons. The number of rotatable bonds is 4. The number of nitrogens with one attached hydrogen (secondary N) is 1. The van der Waals surface area contributed by atoms with Crippen LogP contribution in [0.3, 0.4) is 0 Å². The Kier molecular flexibility index (Phi) is 6.14. The van der Waals surface area contributed by atoms with Crippen LogP contribution < -0.4 is 4.90 Å². The van der Waals surface area contributed by atoms with Gasteiger partial charge in [-0.25, -0.2) is 4.79 Å². The fraction of sp³-hybridized carbons (Fsp3) is 0.700. The van der Waals surface area contributed by atoms with Crippen LogP contribution in [0.4, 0.5) is 10.5 Å². The van der Waals surface area contributed by atoms with Crippen LogP contribution >= 0.6 is 0 Å². The number of likely N-dealkylation sites (tertiary alicyclic amines) is 1. The van der Waals surface area contributed by atoms with Gasteiger partial charge in [-0.05, 0) is 47.0 Å². The molecule has 2 fully saturated rings. The van der Waals surface area contributed by atoms with Gasteiger partial charge in [0.1, 0.15) is 11.7 Å². The minimum Gasteiger partial charge on any atom is -0.460 e. The normalized spacial score (nSPS) is 23.8. The molecule has 3 atom stereocenters. The number of aromatic nitrogens is 2. The number of aromatic amines is 1. The molecule has 1 aromatic rings. The van der Waals surface area contributed by atoms with Crippen LogP contribution in [0.5, 0.6) is 0 Å². The summed E-state index contributed by atoms with van der Waals surface area (Å²) in [5, 5.41) is 6.51. The highest BCUT2D eigenvalue weighted by Crippen LogP contribution is 2.28. The van der Waals surface area contributed by atoms with Crippen molar-refractivity contribution in [3.63, 3.8) is 0 Å². The van der Waals surface area contributed by atoms with Gasteiger partial charge in [-0.3, -0.25) is 14.7 Å². The molecule has 3 heterocycles. The maximum atomic E-state index is 12.7. The molecule has 9 nitrogen and oxygen atoms in total. The van der Waals surface area contributed by atoms with E-state index in [1.165, 1.54) is 4.90 Å². The highest BCUT2D eigenvalue weighted by atomic mass is 16.6. The summed E-state index contributed by atoms with van der Waals surface area (Å²) < 4.78 is 11.2. The molecule has 0 spiro atoms. The summed E-state index contributed by atoms with van der Waals surface area (Å²) in [5.74, 6) is -1.07. The quantitative estimate of drug-likeness (QED) is 0.770. The highest BCUT2D eigenvalue weighted by Gasteiger charge is 2.40. The first-order valence-electron chi connectivity index (χ1n) is 10.1. The Labute approximate surface area is 170 Å². The number of nitrogens with zero attached hydrogens (tertiary/aromatic N) is 3. The number of piperidine rings is 1. The van der Waals surface area contributed by atoms with Crippen molar-refractivity contribution in [3.8, 4) is 0 Å². The molecule has 3 rings (SSSR count). The van der Waals surface area contributed by atoms with Crippen LogP contribution in [0.15, 0.2) is 12.4 Å². The highest BCUT2D eigenvalue weighted by molar-refractivity contribution is 5.99. The largest absolute Gasteiger partial charge is 0.460 e. The first-order chi connectivity index (χ1) is 13.7. The van der Waals surface area contributed by atoms with Crippen molar-refractivity contribution in [3.05, 3.63) is 12.4 Å². The standard InChI is InChI=1S/C20H30N4O5/c1-13(16-7-5-6-8-23(16)19(27)29-20(2,3)4)28-18(26)14-9-17(25)24(12-14)15-10-21-22-11-15/h10-11,13-14,16H,5-9,12H2,1-4H3,(H,21,22). The Morgan fingerprint density at radius 2 is 2.07 bits per heavy atom. The lowest BCUT2D eigenvalue weighted by atomic mass is 9.98. The van der Waals surface area contributed by atoms with Crippen molar-refractivity contribution >= 4 is 23.7 Å². The summed E-state index contributed by atoms with van der Waals surface area (Å²) in [6.45, 7) is 8.14. The predicted octanol–water partition coefficient (Wildman–Crippen LogP) is 2.48. The first-order valence-corrected chi connectivity index (χ1v) is 10.1. The number of carbonyl (C=O) groups excluding carboxylic acids is 3. The summed E-state index contributed by atoms with van der Waals surface area (Å²) in [5.41, 5.74) is 0.0569. The smallest absolute Gasteiger partial charge is 0.410 e. The summed E-state index contributed by atoms with van der Waals surface area (Å²) in [6, 6.07) is -0.232. The summed E-state index contributed by atoms with van der Waals surface area (Å²) in [4.78, 5) is 40.8. The topological polar surface area (TPSA) is 105 Å². The van der Waals surface area contributed by atoms with E-state index in [9.17, 15) is 14.4 Å². The molecular formula is C20H30N4O5. The number of H-pyrrole nitrogens is 1. The lowest BCUT2D eigenvalue weighted by Gasteiger charge is -2.39. The van der Waals surface area contributed by atoms with E-state index >= 15 is 0 Å². The zero-order valence-corrected chi connectivity index (χ0v) is 17.5. The predicted molar refractivity (Wildman–Crippen MR) is 105 cm³/mol. The van der Waals surface area contributed by atoms with E-state index in [4.69, 9.17) is 9.47 Å². The van der Waals surface area contributed by atoms with Crippen LogP contribution in [0.1, 0.15) is 53.4 Å². The van der Waals surface area contributed by atoms with E-state index in [0.29, 0.717) is 12.2 Å². The van der Waals surface area contributed by atoms with Gasteiger partial charge in [0.05, 0.1) is 23.8 Å². The molecule has 2 saturated heterocycles. The van der Waals surface area contributed by atoms with Crippen molar-refractivity contribution in [2.75, 3.05) is 18.0 Å². The Morgan fingerprint density at radius 1 is 1.31 bits per heavy atom. The second kappa shape index (κ2) is 8.42. The minimum atomic E-state index is -0.584. The number of hydrogen-bond donors (Lipinski definition) is 1. The monoisotopic (exact) mass is 406 g/mol. The van der Waals surface area contributed by atoms with Crippen molar-refractivity contribution in [1.29, 1.82) is 0 Å². The van der Waals surface area contributed by atoms with Gasteiger partial charge >= 0.3 is 12.1 Å². The molecule has 2 aliphatic rings. The van der Waals surface area contributed by atoms with Crippen molar-refractivity contribution in [1.82, 2.24) is 15.1 Å². The van der Waals surface area contributed by atoms with Crippen molar-refractivity contribution in [2.24, 2.45) is 5.92 Å². The lowest BCUT2D eigenvalue weighted by Crippen LogP contribution is -2.51. The molecular weight excluding hydrogens is 376 g/mol. The van der Waals surface area contributed by atoms with Crippen LogP contribution in [-0.2, 0) is 19.1 Å². The van der Waals surface area contributed by atoms with E-state index in [1.54, 1.807) is 24.2 Å². The van der Waals surface area contributed by atoms with Gasteiger partial charge in [0.25, 0.3) is 0 Å². The molecule has 1 aromatic heterocycles. The average molecular weight is 406 g/mol. The Hall–Kier alpha value is -2.58. The van der Waals surface area contributed by atoms with Gasteiger partial charge in [0.15, 0.2) is 0 Å². The number of amides is 2. The van der Waals surface area contributed by atoms with Gasteiger partial charge in [-0.2, -0.15) is 5.10 Å². The Balaban J connectivity index is 1.60. The van der Waals surface area contributed by atoms with Crippen LogP contribution in [0.25, 0.3) is 0 Å². The molecule has 0 aliphatic carbocycles. The third-order valence-corrected chi connectivity index (χ3v) is 5.27. The van der Waals surface area contributed by atoms with E-state index in [0.717, 1.165) is 19.3 Å².